The van der Waals surface area contributed by atoms with E-state index in [1.54, 1.807) is 32.0 Å². The fourth-order valence-electron chi connectivity index (χ4n) is 0.861. The van der Waals surface area contributed by atoms with E-state index in [4.69, 9.17) is 23.2 Å². The maximum Gasteiger partial charge on any atom is 0.175 e. The molecule has 0 saturated heterocycles. The Morgan fingerprint density at radius 3 is 2.50 bits per heavy atom. The number of halogens is 2. The molecule has 1 aromatic rings. The highest BCUT2D eigenvalue weighted by Gasteiger charge is 2.13. The first kappa shape index (κ1) is 13.3. The van der Waals surface area contributed by atoms with Gasteiger partial charge in [0.25, 0.3) is 0 Å². The topological polar surface area (TPSA) is 37.1 Å². The van der Waals surface area contributed by atoms with Gasteiger partial charge in [0.2, 0.25) is 0 Å². The molecule has 0 radical (unpaired) electrons. The van der Waals surface area contributed by atoms with Crippen molar-refractivity contribution in [1.82, 2.24) is 0 Å². The molecule has 0 aromatic heterocycles. The molecule has 1 aromatic carbocycles. The molecule has 0 aliphatic rings. The summed E-state index contributed by atoms with van der Waals surface area (Å²) in [7, 11) is 0. The predicted molar refractivity (Wildman–Crippen MR) is 70.1 cm³/mol. The summed E-state index contributed by atoms with van der Waals surface area (Å²) >= 11 is 16.1. The molecule has 0 bridgehead atoms. The van der Waals surface area contributed by atoms with Crippen LogP contribution in [-0.4, -0.2) is 10.8 Å². The molecule has 0 atom stereocenters. The van der Waals surface area contributed by atoms with Gasteiger partial charge in [-0.1, -0.05) is 23.2 Å². The second kappa shape index (κ2) is 5.51. The Kier molecular flexibility index (Phi) is 4.56. The Morgan fingerprint density at radius 1 is 1.25 bits per heavy atom. The Bertz CT molecular complexity index is 465. The molecular weight excluding hydrogens is 265 g/mol. The second-order valence-corrected chi connectivity index (χ2v) is 4.49. The maximum atomic E-state index is 5.84. The van der Waals surface area contributed by atoms with Crippen molar-refractivity contribution >= 4 is 46.3 Å². The Balaban J connectivity index is 2.92. The Hall–Kier alpha value is -0.800. The van der Waals surface area contributed by atoms with Crippen molar-refractivity contribution in [3.8, 4) is 0 Å². The predicted octanol–water partition coefficient (Wildman–Crippen LogP) is 4.92. The van der Waals surface area contributed by atoms with Crippen LogP contribution in [0, 0.1) is 0 Å². The molecule has 0 fully saturated rings. The number of azo groups is 1. The monoisotopic (exact) mass is 273 g/mol. The van der Waals surface area contributed by atoms with Gasteiger partial charge in [-0.25, -0.2) is 4.99 Å². The first-order valence-corrected chi connectivity index (χ1v) is 5.58. The van der Waals surface area contributed by atoms with E-state index in [1.165, 1.54) is 0 Å². The number of nitrogens with zero attached hydrogens (tertiary/aromatic N) is 3. The Morgan fingerprint density at radius 2 is 1.94 bits per heavy atom. The molecule has 0 saturated carbocycles. The molecule has 0 unspecified atom stereocenters. The summed E-state index contributed by atoms with van der Waals surface area (Å²) in [5.74, 6) is 0. The number of isothiocyanates is 1. The van der Waals surface area contributed by atoms with Gasteiger partial charge in [-0.15, -0.1) is 0 Å². The fraction of sp³-hybridized carbons (Fsp3) is 0.300. The molecule has 0 aliphatic heterocycles. The summed E-state index contributed by atoms with van der Waals surface area (Å²) < 4.78 is 0. The van der Waals surface area contributed by atoms with Gasteiger partial charge in [0, 0.05) is 0 Å². The van der Waals surface area contributed by atoms with E-state index in [0.717, 1.165) is 0 Å². The van der Waals surface area contributed by atoms with Gasteiger partial charge in [0.15, 0.2) is 5.66 Å². The zero-order chi connectivity index (χ0) is 12.2. The van der Waals surface area contributed by atoms with Crippen LogP contribution in [0.4, 0.5) is 5.69 Å². The van der Waals surface area contributed by atoms with Crippen molar-refractivity contribution in [2.24, 2.45) is 15.2 Å². The largest absolute Gasteiger partial charge is 0.200 e. The lowest BCUT2D eigenvalue weighted by atomic mass is 10.3. The van der Waals surface area contributed by atoms with Gasteiger partial charge >= 0.3 is 0 Å². The maximum absolute atomic E-state index is 5.84. The smallest absolute Gasteiger partial charge is 0.175 e. The van der Waals surface area contributed by atoms with Gasteiger partial charge in [0.1, 0.15) is 0 Å². The van der Waals surface area contributed by atoms with Crippen molar-refractivity contribution in [2.75, 3.05) is 0 Å². The van der Waals surface area contributed by atoms with E-state index in [-0.39, 0.29) is 0 Å². The molecule has 0 N–H and O–H groups in total. The first-order chi connectivity index (χ1) is 7.44. The zero-order valence-corrected chi connectivity index (χ0v) is 11.1. The SMILES string of the molecule is CC(C)(N=C=S)N=Nc1ccc(Cl)c(Cl)c1. The summed E-state index contributed by atoms with van der Waals surface area (Å²) in [4.78, 5) is 3.86. The summed E-state index contributed by atoms with van der Waals surface area (Å²) in [5, 5.41) is 11.2. The summed E-state index contributed by atoms with van der Waals surface area (Å²) in [6.45, 7) is 3.54. The first-order valence-electron chi connectivity index (χ1n) is 4.41. The molecule has 3 nitrogen and oxygen atoms in total. The molecule has 0 spiro atoms. The van der Waals surface area contributed by atoms with Crippen molar-refractivity contribution in [3.05, 3.63) is 28.2 Å². The molecule has 0 aliphatic carbocycles. The van der Waals surface area contributed by atoms with E-state index >= 15 is 0 Å². The van der Waals surface area contributed by atoms with Crippen LogP contribution < -0.4 is 0 Å². The Labute approximate surface area is 109 Å². The molecular formula is C10H9Cl2N3S. The lowest BCUT2D eigenvalue weighted by Gasteiger charge is -2.08. The quantitative estimate of drug-likeness (QED) is 0.438. The summed E-state index contributed by atoms with van der Waals surface area (Å²) in [6, 6.07) is 5.01. The van der Waals surface area contributed by atoms with E-state index in [9.17, 15) is 0 Å². The highest BCUT2D eigenvalue weighted by atomic mass is 35.5. The third-order valence-corrected chi connectivity index (χ3v) is 2.46. The number of hydrogen-bond acceptors (Lipinski definition) is 4. The van der Waals surface area contributed by atoms with Gasteiger partial charge in [0.05, 0.1) is 20.9 Å². The molecule has 16 heavy (non-hydrogen) atoms. The third kappa shape index (κ3) is 3.99. The minimum Gasteiger partial charge on any atom is -0.200 e. The third-order valence-electron chi connectivity index (χ3n) is 1.63. The number of rotatable bonds is 3. The lowest BCUT2D eigenvalue weighted by molar-refractivity contribution is 0.529. The van der Waals surface area contributed by atoms with E-state index < -0.39 is 5.66 Å². The molecule has 0 heterocycles. The molecule has 1 rings (SSSR count). The van der Waals surface area contributed by atoms with Crippen LogP contribution in [0.15, 0.2) is 33.4 Å². The van der Waals surface area contributed by atoms with Crippen LogP contribution in [-0.2, 0) is 0 Å². The number of hydrogen-bond donors (Lipinski definition) is 0. The molecule has 6 heteroatoms. The highest BCUT2D eigenvalue weighted by molar-refractivity contribution is 7.78. The summed E-state index contributed by atoms with van der Waals surface area (Å²) in [5.41, 5.74) is -0.101. The van der Waals surface area contributed by atoms with Crippen molar-refractivity contribution in [3.63, 3.8) is 0 Å². The number of benzene rings is 1. The van der Waals surface area contributed by atoms with Crippen molar-refractivity contribution < 1.29 is 0 Å². The standard InChI is InChI=1S/C10H9Cl2N3S/c1-10(2,13-6-16)15-14-7-3-4-8(11)9(12)5-7/h3-5H,1-2H3. The lowest BCUT2D eigenvalue weighted by Crippen LogP contribution is -2.10. The van der Waals surface area contributed by atoms with E-state index in [2.05, 4.69) is 32.6 Å². The van der Waals surface area contributed by atoms with Crippen LogP contribution in [0.1, 0.15) is 13.8 Å². The second-order valence-electron chi connectivity index (χ2n) is 3.50. The fourth-order valence-corrected chi connectivity index (χ4v) is 1.38. The van der Waals surface area contributed by atoms with Crippen LogP contribution in [0.3, 0.4) is 0 Å². The zero-order valence-electron chi connectivity index (χ0n) is 8.74. The minimum atomic E-state index is -0.714. The minimum absolute atomic E-state index is 0.439. The van der Waals surface area contributed by atoms with Crippen LogP contribution in [0.5, 0.6) is 0 Å². The van der Waals surface area contributed by atoms with E-state index in [0.29, 0.717) is 15.7 Å². The summed E-state index contributed by atoms with van der Waals surface area (Å²) in [6.07, 6.45) is 0. The average molecular weight is 274 g/mol. The average Bonchev–Trinajstić information content (AvgIpc) is 2.20. The molecule has 0 amide bonds. The normalized spacial score (nSPS) is 11.5. The van der Waals surface area contributed by atoms with Gasteiger partial charge in [-0.3, -0.25) is 0 Å². The van der Waals surface area contributed by atoms with Gasteiger partial charge in [-0.05, 0) is 44.3 Å². The van der Waals surface area contributed by atoms with Crippen LogP contribution in [0.2, 0.25) is 10.0 Å². The van der Waals surface area contributed by atoms with E-state index in [1.807, 2.05) is 0 Å². The van der Waals surface area contributed by atoms with Crippen LogP contribution in [0.25, 0.3) is 0 Å². The number of aliphatic imine (C=N–C) groups is 1. The van der Waals surface area contributed by atoms with Gasteiger partial charge < -0.3 is 0 Å². The molecule has 84 valence electrons. The number of thiocarbonyl (C=S) groups is 1. The van der Waals surface area contributed by atoms with Gasteiger partial charge in [-0.2, -0.15) is 10.2 Å². The van der Waals surface area contributed by atoms with Crippen molar-refractivity contribution in [2.45, 2.75) is 19.5 Å². The van der Waals surface area contributed by atoms with Crippen LogP contribution >= 0.6 is 35.4 Å². The highest BCUT2D eigenvalue weighted by Crippen LogP contribution is 2.27. The van der Waals surface area contributed by atoms with Crippen molar-refractivity contribution in [1.29, 1.82) is 0 Å².